The molecule has 0 aliphatic heterocycles. The standard InChI is InChI=1S/C9H14O.2C2H6/c1-4-8-5-6-9(10-8)7(2)3;2*1-2/h5-7H,4H2,1-3H3;2*1-2H3. The van der Waals surface area contributed by atoms with Crippen molar-refractivity contribution >= 4 is 0 Å². The fourth-order valence-electron chi connectivity index (χ4n) is 0.895. The Morgan fingerprint density at radius 3 is 1.79 bits per heavy atom. The molecule has 0 aromatic carbocycles. The molecule has 0 saturated heterocycles. The fraction of sp³-hybridized carbons (Fsp3) is 0.692. The zero-order valence-electron chi connectivity index (χ0n) is 10.8. The summed E-state index contributed by atoms with van der Waals surface area (Å²) in [6.07, 6.45) is 0.993. The van der Waals surface area contributed by atoms with Crippen molar-refractivity contribution in [1.82, 2.24) is 0 Å². The van der Waals surface area contributed by atoms with E-state index in [0.717, 1.165) is 17.9 Å². The Morgan fingerprint density at radius 1 is 1.07 bits per heavy atom. The molecule has 0 radical (unpaired) electrons. The van der Waals surface area contributed by atoms with E-state index in [0.29, 0.717) is 5.92 Å². The van der Waals surface area contributed by atoms with Crippen LogP contribution in [-0.4, -0.2) is 0 Å². The Bertz CT molecular complexity index is 199. The van der Waals surface area contributed by atoms with E-state index in [9.17, 15) is 0 Å². The molecule has 0 N–H and O–H groups in total. The van der Waals surface area contributed by atoms with Gasteiger partial charge in [-0.1, -0.05) is 48.5 Å². The Balaban J connectivity index is 0. The maximum absolute atomic E-state index is 5.49. The van der Waals surface area contributed by atoms with Crippen LogP contribution < -0.4 is 0 Å². The molecule has 0 unspecified atom stereocenters. The first-order chi connectivity index (χ1) is 6.74. The molecule has 0 fully saturated rings. The Labute approximate surface area is 89.5 Å². The van der Waals surface area contributed by atoms with Crippen LogP contribution in [0.4, 0.5) is 0 Å². The topological polar surface area (TPSA) is 13.1 Å². The van der Waals surface area contributed by atoms with Gasteiger partial charge in [0.15, 0.2) is 0 Å². The van der Waals surface area contributed by atoms with Crippen molar-refractivity contribution in [2.75, 3.05) is 0 Å². The molecule has 1 rings (SSSR count). The van der Waals surface area contributed by atoms with E-state index in [1.165, 1.54) is 0 Å². The number of aryl methyl sites for hydroxylation is 1. The first-order valence-electron chi connectivity index (χ1n) is 5.82. The fourth-order valence-corrected chi connectivity index (χ4v) is 0.895. The van der Waals surface area contributed by atoms with Crippen LogP contribution in [0.15, 0.2) is 16.5 Å². The molecule has 0 bridgehead atoms. The summed E-state index contributed by atoms with van der Waals surface area (Å²) in [4.78, 5) is 0. The SMILES string of the molecule is CC.CC.CCc1ccc(C(C)C)o1. The molecule has 0 aliphatic rings. The second-order valence-electron chi connectivity index (χ2n) is 2.81. The molecule has 0 amide bonds. The van der Waals surface area contributed by atoms with Crippen molar-refractivity contribution in [1.29, 1.82) is 0 Å². The molecule has 1 heteroatoms. The van der Waals surface area contributed by atoms with Crippen LogP contribution in [0.25, 0.3) is 0 Å². The van der Waals surface area contributed by atoms with Crippen molar-refractivity contribution in [2.24, 2.45) is 0 Å². The summed E-state index contributed by atoms with van der Waals surface area (Å²) >= 11 is 0. The predicted octanol–water partition coefficient (Wildman–Crippen LogP) is 5.02. The first kappa shape index (κ1) is 15.7. The van der Waals surface area contributed by atoms with E-state index in [2.05, 4.69) is 32.9 Å². The van der Waals surface area contributed by atoms with Crippen LogP contribution in [0.5, 0.6) is 0 Å². The Kier molecular flexibility index (Phi) is 11.6. The molecule has 1 aromatic rings. The number of hydrogen-bond donors (Lipinski definition) is 0. The van der Waals surface area contributed by atoms with Crippen molar-refractivity contribution in [3.63, 3.8) is 0 Å². The zero-order valence-corrected chi connectivity index (χ0v) is 10.8. The van der Waals surface area contributed by atoms with E-state index < -0.39 is 0 Å². The van der Waals surface area contributed by atoms with E-state index in [-0.39, 0.29) is 0 Å². The van der Waals surface area contributed by atoms with Crippen molar-refractivity contribution in [3.05, 3.63) is 23.7 Å². The lowest BCUT2D eigenvalue weighted by molar-refractivity contribution is 0.451. The highest BCUT2D eigenvalue weighted by molar-refractivity contribution is 5.09. The highest BCUT2D eigenvalue weighted by Gasteiger charge is 2.02. The quantitative estimate of drug-likeness (QED) is 0.650. The minimum atomic E-state index is 0.514. The molecule has 84 valence electrons. The molecule has 0 atom stereocenters. The van der Waals surface area contributed by atoms with Gasteiger partial charge >= 0.3 is 0 Å². The number of rotatable bonds is 2. The molecule has 1 heterocycles. The molecule has 1 nitrogen and oxygen atoms in total. The third kappa shape index (κ3) is 5.85. The van der Waals surface area contributed by atoms with Gasteiger partial charge in [0.2, 0.25) is 0 Å². The predicted molar refractivity (Wildman–Crippen MR) is 64.9 cm³/mol. The number of furan rings is 1. The normalized spacial score (nSPS) is 8.57. The van der Waals surface area contributed by atoms with Crippen LogP contribution >= 0.6 is 0 Å². The second-order valence-corrected chi connectivity index (χ2v) is 2.81. The maximum Gasteiger partial charge on any atom is 0.106 e. The average Bonchev–Trinajstić information content (AvgIpc) is 2.72. The van der Waals surface area contributed by atoms with Gasteiger partial charge in [0.1, 0.15) is 11.5 Å². The molecule has 1 aromatic heterocycles. The molecule has 0 aliphatic carbocycles. The summed E-state index contributed by atoms with van der Waals surface area (Å²) in [7, 11) is 0. The Morgan fingerprint density at radius 2 is 1.57 bits per heavy atom. The van der Waals surface area contributed by atoms with E-state index in [4.69, 9.17) is 4.42 Å². The smallest absolute Gasteiger partial charge is 0.106 e. The second kappa shape index (κ2) is 10.4. The van der Waals surface area contributed by atoms with Gasteiger partial charge in [-0.05, 0) is 12.1 Å². The van der Waals surface area contributed by atoms with Gasteiger partial charge in [-0.15, -0.1) is 0 Å². The monoisotopic (exact) mass is 198 g/mol. The van der Waals surface area contributed by atoms with E-state index in [1.807, 2.05) is 27.7 Å². The lowest BCUT2D eigenvalue weighted by Crippen LogP contribution is -1.80. The molecular formula is C13H26O. The van der Waals surface area contributed by atoms with Crippen LogP contribution in [0.3, 0.4) is 0 Å². The summed E-state index contributed by atoms with van der Waals surface area (Å²) in [5.74, 6) is 2.70. The van der Waals surface area contributed by atoms with Gasteiger partial charge in [-0.3, -0.25) is 0 Å². The van der Waals surface area contributed by atoms with Crippen LogP contribution in [-0.2, 0) is 6.42 Å². The summed E-state index contributed by atoms with van der Waals surface area (Å²) < 4.78 is 5.49. The molecular weight excluding hydrogens is 172 g/mol. The van der Waals surface area contributed by atoms with Crippen LogP contribution in [0.1, 0.15) is 65.9 Å². The van der Waals surface area contributed by atoms with Gasteiger partial charge in [0.25, 0.3) is 0 Å². The van der Waals surface area contributed by atoms with Gasteiger partial charge in [0.05, 0.1) is 0 Å². The summed E-state index contributed by atoms with van der Waals surface area (Å²) in [6, 6.07) is 4.11. The lowest BCUT2D eigenvalue weighted by Gasteiger charge is -1.97. The highest BCUT2D eigenvalue weighted by atomic mass is 16.3. The first-order valence-corrected chi connectivity index (χ1v) is 5.82. The van der Waals surface area contributed by atoms with Crippen molar-refractivity contribution in [3.8, 4) is 0 Å². The minimum absolute atomic E-state index is 0.514. The van der Waals surface area contributed by atoms with Crippen molar-refractivity contribution < 1.29 is 4.42 Å². The van der Waals surface area contributed by atoms with Gasteiger partial charge in [0, 0.05) is 12.3 Å². The van der Waals surface area contributed by atoms with Crippen LogP contribution in [0, 0.1) is 0 Å². The number of hydrogen-bond acceptors (Lipinski definition) is 1. The average molecular weight is 198 g/mol. The van der Waals surface area contributed by atoms with Gasteiger partial charge in [-0.2, -0.15) is 0 Å². The molecule has 0 spiro atoms. The zero-order chi connectivity index (χ0) is 11.6. The Hall–Kier alpha value is -0.720. The lowest BCUT2D eigenvalue weighted by atomic mass is 10.2. The van der Waals surface area contributed by atoms with Crippen molar-refractivity contribution in [2.45, 2.75) is 60.8 Å². The van der Waals surface area contributed by atoms with E-state index >= 15 is 0 Å². The summed E-state index contributed by atoms with van der Waals surface area (Å²) in [6.45, 7) is 14.4. The summed E-state index contributed by atoms with van der Waals surface area (Å²) in [5.41, 5.74) is 0. The third-order valence-electron chi connectivity index (χ3n) is 1.60. The molecule has 0 saturated carbocycles. The maximum atomic E-state index is 5.49. The van der Waals surface area contributed by atoms with Crippen LogP contribution in [0.2, 0.25) is 0 Å². The summed E-state index contributed by atoms with van der Waals surface area (Å²) in [5, 5.41) is 0. The third-order valence-corrected chi connectivity index (χ3v) is 1.60. The van der Waals surface area contributed by atoms with E-state index in [1.54, 1.807) is 0 Å². The molecule has 14 heavy (non-hydrogen) atoms. The highest BCUT2D eigenvalue weighted by Crippen LogP contribution is 2.17. The van der Waals surface area contributed by atoms with Gasteiger partial charge < -0.3 is 4.42 Å². The minimum Gasteiger partial charge on any atom is -0.466 e. The largest absolute Gasteiger partial charge is 0.466 e. The van der Waals surface area contributed by atoms with Gasteiger partial charge in [-0.25, -0.2) is 0 Å².